The molecule has 1 N–H and O–H groups in total. The van der Waals surface area contributed by atoms with Crippen LogP contribution in [-0.4, -0.2) is 4.92 Å². The first-order valence-corrected chi connectivity index (χ1v) is 6.86. The Bertz CT molecular complexity index is 673. The first-order valence-electron chi connectivity index (χ1n) is 6.04. The maximum Gasteiger partial charge on any atom is 0.272 e. The quantitative estimate of drug-likeness (QED) is 0.677. The number of hydrogen-bond donors (Lipinski definition) is 1. The molecule has 0 aliphatic heterocycles. The maximum absolute atomic E-state index is 10.9. The summed E-state index contributed by atoms with van der Waals surface area (Å²) in [6.07, 6.45) is 0. The van der Waals surface area contributed by atoms with Crippen molar-refractivity contribution >= 4 is 17.0 Å². The number of rotatable bonds is 5. The van der Waals surface area contributed by atoms with Crippen LogP contribution in [0.3, 0.4) is 0 Å². The topological polar surface area (TPSA) is 79.0 Å². The number of benzene rings is 1. The summed E-state index contributed by atoms with van der Waals surface area (Å²) in [5.74, 6) is 0. The molecular formula is C14H13N3O2S. The molecule has 0 saturated heterocycles. The summed E-state index contributed by atoms with van der Waals surface area (Å²) < 4.78 is 0. The summed E-state index contributed by atoms with van der Waals surface area (Å²) >= 11 is 1.45. The zero-order valence-corrected chi connectivity index (χ0v) is 11.7. The van der Waals surface area contributed by atoms with Gasteiger partial charge in [-0.2, -0.15) is 5.26 Å². The molecule has 0 atom stereocenters. The molecule has 1 aromatic carbocycles. The molecule has 0 saturated carbocycles. The Morgan fingerprint density at radius 2 is 2.15 bits per heavy atom. The van der Waals surface area contributed by atoms with Gasteiger partial charge < -0.3 is 5.32 Å². The minimum atomic E-state index is -0.364. The van der Waals surface area contributed by atoms with Crippen molar-refractivity contribution in [3.63, 3.8) is 0 Å². The number of nitro benzene ring substituents is 1. The van der Waals surface area contributed by atoms with Crippen LogP contribution in [0.15, 0.2) is 30.3 Å². The number of thiophene rings is 1. The van der Waals surface area contributed by atoms with Crippen molar-refractivity contribution in [2.45, 2.75) is 20.0 Å². The number of nitrogens with one attached hydrogen (secondary N) is 1. The summed E-state index contributed by atoms with van der Waals surface area (Å²) in [5, 5.41) is 22.9. The Morgan fingerprint density at radius 3 is 2.80 bits per heavy atom. The Balaban J connectivity index is 1.99. The Labute approximate surface area is 120 Å². The minimum absolute atomic E-state index is 0.146. The van der Waals surface area contributed by atoms with E-state index in [0.717, 1.165) is 10.4 Å². The van der Waals surface area contributed by atoms with E-state index >= 15 is 0 Å². The van der Waals surface area contributed by atoms with Crippen LogP contribution in [0.2, 0.25) is 0 Å². The second-order valence-corrected chi connectivity index (χ2v) is 5.47. The molecule has 2 aromatic rings. The van der Waals surface area contributed by atoms with E-state index in [1.165, 1.54) is 17.4 Å². The molecule has 0 aliphatic rings. The predicted octanol–water partition coefficient (Wildman–Crippen LogP) is 3.13. The summed E-state index contributed by atoms with van der Waals surface area (Å²) in [6, 6.07) is 10.9. The van der Waals surface area contributed by atoms with Crippen molar-refractivity contribution in [1.29, 1.82) is 5.26 Å². The van der Waals surface area contributed by atoms with Gasteiger partial charge in [-0.05, 0) is 24.6 Å². The number of nitrogens with zero attached hydrogens (tertiary/aromatic N) is 2. The van der Waals surface area contributed by atoms with Crippen molar-refractivity contribution in [2.24, 2.45) is 0 Å². The van der Waals surface area contributed by atoms with Crippen molar-refractivity contribution < 1.29 is 4.92 Å². The largest absolute Gasteiger partial charge is 0.308 e. The van der Waals surface area contributed by atoms with Crippen molar-refractivity contribution in [3.05, 3.63) is 61.3 Å². The molecule has 102 valence electrons. The van der Waals surface area contributed by atoms with Crippen molar-refractivity contribution in [3.8, 4) is 6.07 Å². The Morgan fingerprint density at radius 1 is 1.35 bits per heavy atom. The fraction of sp³-hybridized carbons (Fsp3) is 0.214. The summed E-state index contributed by atoms with van der Waals surface area (Å²) in [6.45, 7) is 2.97. The van der Waals surface area contributed by atoms with E-state index in [4.69, 9.17) is 5.26 Å². The molecule has 6 heteroatoms. The smallest absolute Gasteiger partial charge is 0.272 e. The van der Waals surface area contributed by atoms with E-state index in [2.05, 4.69) is 11.4 Å². The summed E-state index contributed by atoms with van der Waals surface area (Å²) in [4.78, 5) is 12.3. The van der Waals surface area contributed by atoms with Crippen molar-refractivity contribution in [2.75, 3.05) is 0 Å². The van der Waals surface area contributed by atoms with E-state index in [-0.39, 0.29) is 10.6 Å². The van der Waals surface area contributed by atoms with Gasteiger partial charge in [0.15, 0.2) is 0 Å². The Kier molecular flexibility index (Phi) is 4.45. The maximum atomic E-state index is 10.9. The molecule has 1 aromatic heterocycles. The number of nitro groups is 1. The lowest BCUT2D eigenvalue weighted by molar-refractivity contribution is -0.385. The first-order chi connectivity index (χ1) is 9.61. The molecule has 0 aliphatic carbocycles. The molecule has 0 spiro atoms. The second kappa shape index (κ2) is 6.28. The zero-order valence-electron chi connectivity index (χ0n) is 10.9. The number of nitriles is 1. The lowest BCUT2D eigenvalue weighted by atomic mass is 10.1. The van der Waals surface area contributed by atoms with E-state index in [0.29, 0.717) is 23.5 Å². The highest BCUT2D eigenvalue weighted by molar-refractivity contribution is 7.12. The third kappa shape index (κ3) is 3.20. The molecule has 20 heavy (non-hydrogen) atoms. The first kappa shape index (κ1) is 14.2. The normalized spacial score (nSPS) is 10.2. The van der Waals surface area contributed by atoms with E-state index < -0.39 is 0 Å². The van der Waals surface area contributed by atoms with Crippen LogP contribution in [0.1, 0.15) is 20.9 Å². The molecule has 1 heterocycles. The highest BCUT2D eigenvalue weighted by Gasteiger charge is 2.12. The van der Waals surface area contributed by atoms with Gasteiger partial charge in [0, 0.05) is 29.6 Å². The lowest BCUT2D eigenvalue weighted by Crippen LogP contribution is -2.13. The van der Waals surface area contributed by atoms with Crippen LogP contribution in [-0.2, 0) is 13.1 Å². The molecule has 0 unspecified atom stereocenters. The van der Waals surface area contributed by atoms with Crippen LogP contribution in [0, 0.1) is 28.4 Å². The molecular weight excluding hydrogens is 274 g/mol. The molecule has 0 amide bonds. The van der Waals surface area contributed by atoms with E-state index in [1.54, 1.807) is 19.1 Å². The molecule has 5 nitrogen and oxygen atoms in total. The van der Waals surface area contributed by atoms with E-state index in [9.17, 15) is 10.1 Å². The lowest BCUT2D eigenvalue weighted by Gasteiger charge is -2.07. The van der Waals surface area contributed by atoms with Gasteiger partial charge in [0.25, 0.3) is 5.69 Å². The average Bonchev–Trinajstić information content (AvgIpc) is 2.88. The molecule has 0 radical (unpaired) electrons. The van der Waals surface area contributed by atoms with Gasteiger partial charge in [-0.3, -0.25) is 10.1 Å². The van der Waals surface area contributed by atoms with Gasteiger partial charge in [0.1, 0.15) is 10.9 Å². The monoisotopic (exact) mass is 287 g/mol. The summed E-state index contributed by atoms with van der Waals surface area (Å²) in [5.41, 5.74) is 1.75. The van der Waals surface area contributed by atoms with Crippen LogP contribution in [0.4, 0.5) is 5.69 Å². The minimum Gasteiger partial charge on any atom is -0.308 e. The third-order valence-corrected chi connectivity index (χ3v) is 3.99. The second-order valence-electron chi connectivity index (χ2n) is 4.30. The fourth-order valence-corrected chi connectivity index (χ4v) is 2.69. The highest BCUT2D eigenvalue weighted by atomic mass is 32.1. The van der Waals surface area contributed by atoms with Crippen LogP contribution in [0.5, 0.6) is 0 Å². The summed E-state index contributed by atoms with van der Waals surface area (Å²) in [7, 11) is 0. The fourth-order valence-electron chi connectivity index (χ4n) is 1.91. The molecule has 0 fully saturated rings. The average molecular weight is 287 g/mol. The van der Waals surface area contributed by atoms with Gasteiger partial charge in [-0.1, -0.05) is 12.1 Å². The van der Waals surface area contributed by atoms with E-state index in [1.807, 2.05) is 12.1 Å². The Hall–Kier alpha value is -2.23. The van der Waals surface area contributed by atoms with Crippen LogP contribution < -0.4 is 5.32 Å². The standard InChI is InChI=1S/C14H13N3O2S/c1-10-11(3-2-4-14(10)17(18)19)8-16-9-13-6-5-12(7-15)20-13/h2-6,16H,8-9H2,1H3. The SMILES string of the molecule is Cc1c(CNCc2ccc(C#N)s2)cccc1[N+](=O)[O-]. The zero-order chi connectivity index (χ0) is 14.5. The van der Waals surface area contributed by atoms with Gasteiger partial charge in [0.2, 0.25) is 0 Å². The third-order valence-electron chi connectivity index (χ3n) is 3.00. The van der Waals surface area contributed by atoms with Crippen LogP contribution >= 0.6 is 11.3 Å². The van der Waals surface area contributed by atoms with Crippen LogP contribution in [0.25, 0.3) is 0 Å². The number of hydrogen-bond acceptors (Lipinski definition) is 5. The molecule has 2 rings (SSSR count). The van der Waals surface area contributed by atoms with Gasteiger partial charge >= 0.3 is 0 Å². The van der Waals surface area contributed by atoms with Gasteiger partial charge in [0.05, 0.1) is 4.92 Å². The highest BCUT2D eigenvalue weighted by Crippen LogP contribution is 2.21. The van der Waals surface area contributed by atoms with Gasteiger partial charge in [-0.15, -0.1) is 11.3 Å². The van der Waals surface area contributed by atoms with Gasteiger partial charge in [-0.25, -0.2) is 0 Å². The molecule has 0 bridgehead atoms. The van der Waals surface area contributed by atoms with Crippen molar-refractivity contribution in [1.82, 2.24) is 5.32 Å². The predicted molar refractivity (Wildman–Crippen MR) is 77.4 cm³/mol.